The largest absolute Gasteiger partial charge is 0.490 e. The molecule has 0 aromatic heterocycles. The van der Waals surface area contributed by atoms with Gasteiger partial charge in [0.1, 0.15) is 18.2 Å². The highest BCUT2D eigenvalue weighted by Crippen LogP contribution is 2.35. The molecular formula is C14H12FNO. The van der Waals surface area contributed by atoms with Crippen molar-refractivity contribution in [1.82, 2.24) is 0 Å². The molecule has 86 valence electrons. The van der Waals surface area contributed by atoms with E-state index >= 15 is 0 Å². The average molecular weight is 229 g/mol. The lowest BCUT2D eigenvalue weighted by atomic mass is 10.2. The lowest BCUT2D eigenvalue weighted by Gasteiger charge is -2.31. The maximum Gasteiger partial charge on any atom is 0.143 e. The van der Waals surface area contributed by atoms with E-state index in [0.29, 0.717) is 6.61 Å². The van der Waals surface area contributed by atoms with Gasteiger partial charge < -0.3 is 9.64 Å². The highest BCUT2D eigenvalue weighted by Gasteiger charge is 2.18. The summed E-state index contributed by atoms with van der Waals surface area (Å²) in [7, 11) is 0. The lowest BCUT2D eigenvalue weighted by Crippen LogP contribution is -2.28. The first-order valence-electron chi connectivity index (χ1n) is 5.59. The second-order valence-corrected chi connectivity index (χ2v) is 3.94. The van der Waals surface area contributed by atoms with Crippen LogP contribution in [0, 0.1) is 5.82 Å². The molecule has 0 radical (unpaired) electrons. The second kappa shape index (κ2) is 4.09. The first kappa shape index (κ1) is 10.1. The predicted molar refractivity (Wildman–Crippen MR) is 65.3 cm³/mol. The van der Waals surface area contributed by atoms with Crippen molar-refractivity contribution in [2.45, 2.75) is 0 Å². The summed E-state index contributed by atoms with van der Waals surface area (Å²) in [6.45, 7) is 1.43. The summed E-state index contributed by atoms with van der Waals surface area (Å²) in [5.74, 6) is 0.665. The summed E-state index contributed by atoms with van der Waals surface area (Å²) in [5.41, 5.74) is 2.02. The number of ether oxygens (including phenoxy) is 1. The van der Waals surface area contributed by atoms with E-state index in [2.05, 4.69) is 4.90 Å². The molecule has 0 bridgehead atoms. The molecule has 0 N–H and O–H groups in total. The number of para-hydroxylation sites is 2. The third-order valence-electron chi connectivity index (χ3n) is 2.87. The smallest absolute Gasteiger partial charge is 0.143 e. The number of anilines is 2. The lowest BCUT2D eigenvalue weighted by molar-refractivity contribution is 0.314. The molecule has 2 aromatic carbocycles. The summed E-state index contributed by atoms with van der Waals surface area (Å²) in [6, 6.07) is 14.4. The Hall–Kier alpha value is -2.03. The van der Waals surface area contributed by atoms with Crippen molar-refractivity contribution >= 4 is 11.4 Å². The van der Waals surface area contributed by atoms with Crippen molar-refractivity contribution in [3.8, 4) is 5.75 Å². The number of nitrogens with zero attached hydrogens (tertiary/aromatic N) is 1. The van der Waals surface area contributed by atoms with Crippen molar-refractivity contribution in [1.29, 1.82) is 0 Å². The molecule has 2 nitrogen and oxygen atoms in total. The number of hydrogen-bond donors (Lipinski definition) is 0. The highest BCUT2D eigenvalue weighted by atomic mass is 19.1. The van der Waals surface area contributed by atoms with Gasteiger partial charge in [-0.1, -0.05) is 12.1 Å². The molecule has 0 unspecified atom stereocenters. The van der Waals surface area contributed by atoms with E-state index in [-0.39, 0.29) is 5.82 Å². The summed E-state index contributed by atoms with van der Waals surface area (Å²) in [4.78, 5) is 2.14. The molecule has 0 saturated heterocycles. The Balaban J connectivity index is 2.03. The first-order chi connectivity index (χ1) is 8.34. The SMILES string of the molecule is Fc1ccc(N2CCOc3ccccc32)cc1. The maximum atomic E-state index is 12.9. The molecule has 3 heteroatoms. The Morgan fingerprint density at radius 2 is 1.76 bits per heavy atom. The summed E-state index contributed by atoms with van der Waals surface area (Å²) in [5, 5.41) is 0. The van der Waals surface area contributed by atoms with Gasteiger partial charge in [-0.05, 0) is 36.4 Å². The van der Waals surface area contributed by atoms with Crippen molar-refractivity contribution in [3.63, 3.8) is 0 Å². The van der Waals surface area contributed by atoms with Gasteiger partial charge in [-0.25, -0.2) is 4.39 Å². The van der Waals surface area contributed by atoms with E-state index in [1.54, 1.807) is 12.1 Å². The molecule has 1 aliphatic rings. The fourth-order valence-corrected chi connectivity index (χ4v) is 2.06. The molecule has 0 amide bonds. The van der Waals surface area contributed by atoms with Crippen LogP contribution >= 0.6 is 0 Å². The van der Waals surface area contributed by atoms with Crippen LogP contribution in [0.3, 0.4) is 0 Å². The Bertz CT molecular complexity index is 524. The minimum Gasteiger partial charge on any atom is -0.490 e. The zero-order valence-corrected chi connectivity index (χ0v) is 9.27. The van der Waals surface area contributed by atoms with Crippen molar-refractivity contribution in [2.75, 3.05) is 18.1 Å². The summed E-state index contributed by atoms with van der Waals surface area (Å²) >= 11 is 0. The molecule has 0 atom stereocenters. The van der Waals surface area contributed by atoms with Crippen molar-refractivity contribution < 1.29 is 9.13 Å². The number of benzene rings is 2. The fraction of sp³-hybridized carbons (Fsp3) is 0.143. The van der Waals surface area contributed by atoms with Gasteiger partial charge in [-0.3, -0.25) is 0 Å². The summed E-state index contributed by atoms with van der Waals surface area (Å²) in [6.07, 6.45) is 0. The van der Waals surface area contributed by atoms with Crippen LogP contribution in [0.1, 0.15) is 0 Å². The molecule has 1 heterocycles. The zero-order chi connectivity index (χ0) is 11.7. The molecule has 3 rings (SSSR count). The van der Waals surface area contributed by atoms with Gasteiger partial charge in [0, 0.05) is 5.69 Å². The first-order valence-corrected chi connectivity index (χ1v) is 5.59. The van der Waals surface area contributed by atoms with Gasteiger partial charge in [-0.2, -0.15) is 0 Å². The van der Waals surface area contributed by atoms with Gasteiger partial charge in [0.15, 0.2) is 0 Å². The van der Waals surface area contributed by atoms with E-state index in [9.17, 15) is 4.39 Å². The summed E-state index contributed by atoms with van der Waals surface area (Å²) < 4.78 is 18.5. The maximum absolute atomic E-state index is 12.9. The molecule has 0 fully saturated rings. The second-order valence-electron chi connectivity index (χ2n) is 3.94. The normalized spacial score (nSPS) is 14.1. The quantitative estimate of drug-likeness (QED) is 0.743. The standard InChI is InChI=1S/C14H12FNO/c15-11-5-7-12(8-6-11)16-9-10-17-14-4-2-1-3-13(14)16/h1-8H,9-10H2. The monoisotopic (exact) mass is 229 g/mol. The topological polar surface area (TPSA) is 12.5 Å². The van der Waals surface area contributed by atoms with Gasteiger partial charge >= 0.3 is 0 Å². The molecule has 0 saturated carbocycles. The third-order valence-corrected chi connectivity index (χ3v) is 2.87. The number of fused-ring (bicyclic) bond motifs is 1. The van der Waals surface area contributed by atoms with Crippen molar-refractivity contribution in [3.05, 3.63) is 54.3 Å². The Labute approximate surface area is 99.3 Å². The van der Waals surface area contributed by atoms with Crippen LogP contribution in [0.4, 0.5) is 15.8 Å². The van der Waals surface area contributed by atoms with Gasteiger partial charge in [0.05, 0.1) is 12.2 Å². The van der Waals surface area contributed by atoms with Gasteiger partial charge in [0.2, 0.25) is 0 Å². The zero-order valence-electron chi connectivity index (χ0n) is 9.27. The van der Waals surface area contributed by atoms with Gasteiger partial charge in [0.25, 0.3) is 0 Å². The number of halogens is 1. The predicted octanol–water partition coefficient (Wildman–Crippen LogP) is 3.36. The average Bonchev–Trinajstić information content (AvgIpc) is 2.39. The van der Waals surface area contributed by atoms with Crippen molar-refractivity contribution in [2.24, 2.45) is 0 Å². The molecule has 2 aromatic rings. The molecule has 0 aliphatic carbocycles. The molecule has 1 aliphatic heterocycles. The number of rotatable bonds is 1. The Kier molecular flexibility index (Phi) is 2.44. The minimum atomic E-state index is -0.213. The van der Waals surface area contributed by atoms with E-state index in [0.717, 1.165) is 23.7 Å². The van der Waals surface area contributed by atoms with Crippen LogP contribution in [-0.2, 0) is 0 Å². The van der Waals surface area contributed by atoms with Gasteiger partial charge in [-0.15, -0.1) is 0 Å². The van der Waals surface area contributed by atoms with E-state index in [4.69, 9.17) is 4.74 Å². The van der Waals surface area contributed by atoms with Crippen LogP contribution in [0.5, 0.6) is 5.75 Å². The van der Waals surface area contributed by atoms with Crippen LogP contribution in [-0.4, -0.2) is 13.2 Å². The van der Waals surface area contributed by atoms with E-state index in [1.165, 1.54) is 12.1 Å². The molecule has 17 heavy (non-hydrogen) atoms. The molecule has 0 spiro atoms. The number of hydrogen-bond acceptors (Lipinski definition) is 2. The van der Waals surface area contributed by atoms with Crippen LogP contribution in [0.25, 0.3) is 0 Å². The Morgan fingerprint density at radius 1 is 1.00 bits per heavy atom. The Morgan fingerprint density at radius 3 is 2.59 bits per heavy atom. The molecular weight excluding hydrogens is 217 g/mol. The van der Waals surface area contributed by atoms with E-state index in [1.807, 2.05) is 24.3 Å². The fourth-order valence-electron chi connectivity index (χ4n) is 2.06. The third kappa shape index (κ3) is 1.84. The van der Waals surface area contributed by atoms with Crippen LogP contribution in [0.15, 0.2) is 48.5 Å². The highest BCUT2D eigenvalue weighted by molar-refractivity contribution is 5.70. The van der Waals surface area contributed by atoms with Crippen LogP contribution < -0.4 is 9.64 Å². The van der Waals surface area contributed by atoms with E-state index < -0.39 is 0 Å². The minimum absolute atomic E-state index is 0.213. The van der Waals surface area contributed by atoms with Crippen LogP contribution in [0.2, 0.25) is 0 Å².